The number of hydrogen-bond donors (Lipinski definition) is 0. The van der Waals surface area contributed by atoms with Crippen molar-refractivity contribution < 1.29 is 19.0 Å². The maximum atomic E-state index is 12.6. The third kappa shape index (κ3) is 5.41. The van der Waals surface area contributed by atoms with Gasteiger partial charge >= 0.3 is 5.97 Å². The molecule has 8 heteroatoms. The molecule has 1 saturated heterocycles. The third-order valence-electron chi connectivity index (χ3n) is 5.75. The van der Waals surface area contributed by atoms with Gasteiger partial charge in [0.1, 0.15) is 5.75 Å². The normalized spacial score (nSPS) is 19.5. The quantitative estimate of drug-likeness (QED) is 0.222. The molecule has 5 rings (SSSR count). The summed E-state index contributed by atoms with van der Waals surface area (Å²) in [7, 11) is 0. The molecule has 178 valence electrons. The van der Waals surface area contributed by atoms with Crippen LogP contribution in [0, 0.1) is 0 Å². The van der Waals surface area contributed by atoms with E-state index >= 15 is 0 Å². The largest absolute Gasteiger partial charge is 0.425 e. The van der Waals surface area contributed by atoms with Gasteiger partial charge in [0, 0.05) is 23.0 Å². The number of hydrogen-bond acceptors (Lipinski definition) is 5. The molecule has 1 fully saturated rings. The van der Waals surface area contributed by atoms with Crippen LogP contribution in [0.4, 0.5) is 0 Å². The van der Waals surface area contributed by atoms with E-state index in [1.165, 1.54) is 6.07 Å². The van der Waals surface area contributed by atoms with Crippen LogP contribution in [0.25, 0.3) is 11.1 Å². The average molecular weight is 509 g/mol. The Kier molecular flexibility index (Phi) is 6.88. The highest BCUT2D eigenvalue weighted by molar-refractivity contribution is 6.35. The number of aromatic nitrogens is 2. The highest BCUT2D eigenvalue weighted by Gasteiger charge is 2.44. The van der Waals surface area contributed by atoms with Crippen LogP contribution in [0.15, 0.2) is 91.5 Å². The first-order valence-corrected chi connectivity index (χ1v) is 11.9. The lowest BCUT2D eigenvalue weighted by molar-refractivity contribution is -0.188. The molecule has 35 heavy (non-hydrogen) atoms. The van der Waals surface area contributed by atoms with Gasteiger partial charge in [0.05, 0.1) is 37.0 Å². The molecule has 0 aliphatic carbocycles. The minimum absolute atomic E-state index is 0.00668. The molecule has 0 unspecified atom stereocenters. The summed E-state index contributed by atoms with van der Waals surface area (Å²) in [6, 6.07) is 22.9. The number of carbonyl (C=O) groups excluding carboxylic acids is 1. The lowest BCUT2D eigenvalue weighted by atomic mass is 10.00. The second-order valence-electron chi connectivity index (χ2n) is 8.24. The van der Waals surface area contributed by atoms with Crippen LogP contribution in [0.3, 0.4) is 0 Å². The smallest absolute Gasteiger partial charge is 0.313 e. The van der Waals surface area contributed by atoms with E-state index < -0.39 is 17.9 Å². The summed E-state index contributed by atoms with van der Waals surface area (Å²) in [6.07, 6.45) is 4.76. The maximum absolute atomic E-state index is 12.6. The fourth-order valence-corrected chi connectivity index (χ4v) is 4.51. The molecule has 0 N–H and O–H groups in total. The number of benzene rings is 3. The third-order valence-corrected chi connectivity index (χ3v) is 6.28. The van der Waals surface area contributed by atoms with Crippen molar-refractivity contribution in [3.8, 4) is 16.9 Å². The number of nitrogens with zero attached hydrogens (tertiary/aromatic N) is 2. The van der Waals surface area contributed by atoms with Crippen LogP contribution in [0.2, 0.25) is 10.0 Å². The van der Waals surface area contributed by atoms with Crippen molar-refractivity contribution in [2.75, 3.05) is 6.61 Å². The van der Waals surface area contributed by atoms with E-state index in [2.05, 4.69) is 17.1 Å². The van der Waals surface area contributed by atoms with Gasteiger partial charge < -0.3 is 18.8 Å². The zero-order valence-electron chi connectivity index (χ0n) is 18.6. The van der Waals surface area contributed by atoms with Crippen molar-refractivity contribution in [1.82, 2.24) is 9.55 Å². The van der Waals surface area contributed by atoms with Crippen molar-refractivity contribution in [2.24, 2.45) is 0 Å². The molecule has 0 radical (unpaired) electrons. The summed E-state index contributed by atoms with van der Waals surface area (Å²) in [5, 5.41) is 0.729. The van der Waals surface area contributed by atoms with E-state index in [1.54, 1.807) is 24.7 Å². The van der Waals surface area contributed by atoms with Gasteiger partial charge in [-0.05, 0) is 29.3 Å². The van der Waals surface area contributed by atoms with Gasteiger partial charge in [-0.15, -0.1) is 0 Å². The molecule has 0 spiro atoms. The van der Waals surface area contributed by atoms with Gasteiger partial charge in [0.2, 0.25) is 5.79 Å². The zero-order valence-corrected chi connectivity index (χ0v) is 20.2. The molecule has 2 atom stereocenters. The highest BCUT2D eigenvalue weighted by Crippen LogP contribution is 2.38. The SMILES string of the molecule is O=C(C[C@H]1CO[C@](Cn2ccnc2)(c2ccc(-c3ccccc3)cc2)O1)Oc1ccc(Cl)cc1Cl. The predicted octanol–water partition coefficient (Wildman–Crippen LogP) is 6.12. The van der Waals surface area contributed by atoms with Gasteiger partial charge in [0.15, 0.2) is 0 Å². The van der Waals surface area contributed by atoms with Crippen molar-refractivity contribution in [3.05, 3.63) is 107 Å². The van der Waals surface area contributed by atoms with E-state index in [4.69, 9.17) is 37.4 Å². The summed E-state index contributed by atoms with van der Waals surface area (Å²) in [4.78, 5) is 16.7. The first-order valence-electron chi connectivity index (χ1n) is 11.1. The second kappa shape index (κ2) is 10.2. The number of ether oxygens (including phenoxy) is 3. The Bertz CT molecular complexity index is 1300. The van der Waals surface area contributed by atoms with Crippen molar-refractivity contribution >= 4 is 29.2 Å². The number of halogens is 2. The first kappa shape index (κ1) is 23.6. The Hall–Kier alpha value is -3.16. The van der Waals surface area contributed by atoms with Gasteiger partial charge in [-0.25, -0.2) is 4.98 Å². The number of imidazole rings is 1. The summed E-state index contributed by atoms with van der Waals surface area (Å²) in [5.41, 5.74) is 3.06. The van der Waals surface area contributed by atoms with E-state index in [0.29, 0.717) is 11.6 Å². The first-order chi connectivity index (χ1) is 17.0. The topological polar surface area (TPSA) is 62.6 Å². The molecule has 1 aromatic heterocycles. The van der Waals surface area contributed by atoms with E-state index in [9.17, 15) is 4.79 Å². The maximum Gasteiger partial charge on any atom is 0.313 e. The van der Waals surface area contributed by atoms with Gasteiger partial charge in [0.25, 0.3) is 0 Å². The predicted molar refractivity (Wildman–Crippen MR) is 133 cm³/mol. The van der Waals surface area contributed by atoms with Crippen LogP contribution in [-0.2, 0) is 26.6 Å². The van der Waals surface area contributed by atoms with E-state index in [1.807, 2.05) is 53.2 Å². The van der Waals surface area contributed by atoms with Gasteiger partial charge in [-0.2, -0.15) is 0 Å². The summed E-state index contributed by atoms with van der Waals surface area (Å²) >= 11 is 12.0. The second-order valence-corrected chi connectivity index (χ2v) is 9.08. The minimum atomic E-state index is -1.07. The standard InChI is InChI=1S/C27H22Cl2N2O4/c28-22-10-11-25(24(29)14-22)34-26(32)15-23-16-33-27(35-23,17-31-13-12-30-18-31)21-8-6-20(7-9-21)19-4-2-1-3-5-19/h1-14,18,23H,15-17H2/t23-,27-/m0/s1. The monoisotopic (exact) mass is 508 g/mol. The fraction of sp³-hybridized carbons (Fsp3) is 0.185. The number of carbonyl (C=O) groups is 1. The van der Waals surface area contributed by atoms with E-state index in [0.717, 1.165) is 16.7 Å². The Morgan fingerprint density at radius 3 is 2.54 bits per heavy atom. The Balaban J connectivity index is 1.33. The molecule has 1 aliphatic rings. The fourth-order valence-electron chi connectivity index (χ4n) is 4.07. The molecule has 0 saturated carbocycles. The van der Waals surface area contributed by atoms with Crippen LogP contribution >= 0.6 is 23.2 Å². The Morgan fingerprint density at radius 2 is 1.83 bits per heavy atom. The molecular weight excluding hydrogens is 487 g/mol. The summed E-state index contributed by atoms with van der Waals surface area (Å²) in [5.74, 6) is -1.29. The minimum Gasteiger partial charge on any atom is -0.425 e. The van der Waals surface area contributed by atoms with Crippen molar-refractivity contribution in [2.45, 2.75) is 24.9 Å². The molecule has 3 aromatic carbocycles. The van der Waals surface area contributed by atoms with Crippen molar-refractivity contribution in [3.63, 3.8) is 0 Å². The molecule has 2 heterocycles. The number of esters is 1. The van der Waals surface area contributed by atoms with Gasteiger partial charge in [-0.3, -0.25) is 4.79 Å². The van der Waals surface area contributed by atoms with Crippen LogP contribution in [0.1, 0.15) is 12.0 Å². The Labute approximate surface area is 213 Å². The molecule has 4 aromatic rings. The summed E-state index contributed by atoms with van der Waals surface area (Å²) < 4.78 is 19.9. The average Bonchev–Trinajstić information content (AvgIpc) is 3.52. The lowest BCUT2D eigenvalue weighted by Crippen LogP contribution is -2.33. The molecule has 0 bridgehead atoms. The molecular formula is C27H22Cl2N2O4. The lowest BCUT2D eigenvalue weighted by Gasteiger charge is -2.29. The van der Waals surface area contributed by atoms with Crippen LogP contribution < -0.4 is 4.74 Å². The molecule has 6 nitrogen and oxygen atoms in total. The molecule has 1 aliphatic heterocycles. The van der Waals surface area contributed by atoms with Crippen LogP contribution in [0.5, 0.6) is 5.75 Å². The highest BCUT2D eigenvalue weighted by atomic mass is 35.5. The number of rotatable bonds is 7. The van der Waals surface area contributed by atoms with Crippen molar-refractivity contribution in [1.29, 1.82) is 0 Å². The summed E-state index contributed by atoms with van der Waals surface area (Å²) in [6.45, 7) is 0.616. The van der Waals surface area contributed by atoms with Crippen LogP contribution in [-0.4, -0.2) is 28.2 Å². The Morgan fingerprint density at radius 1 is 1.06 bits per heavy atom. The van der Waals surface area contributed by atoms with E-state index in [-0.39, 0.29) is 23.8 Å². The van der Waals surface area contributed by atoms with Gasteiger partial charge in [-0.1, -0.05) is 77.8 Å². The molecule has 0 amide bonds. The zero-order chi connectivity index (χ0) is 24.3.